The molecular formula is C6H6O2. The molecule has 0 aliphatic carbocycles. The molecule has 2 heteroatoms. The van der Waals surface area contributed by atoms with Gasteiger partial charge in [0.25, 0.3) is 0 Å². The first kappa shape index (κ1) is 5.09. The molecule has 0 aromatic heterocycles. The van der Waals surface area contributed by atoms with Crippen molar-refractivity contribution >= 4 is 6.29 Å². The Balaban J connectivity index is 2.63. The largest absolute Gasteiger partial charge is 0.486 e. The van der Waals surface area contributed by atoms with Crippen LogP contribution in [-0.2, 0) is 9.53 Å². The molecule has 0 spiro atoms. The van der Waals surface area contributed by atoms with Crippen molar-refractivity contribution in [2.24, 2.45) is 0 Å². The molecule has 0 N–H and O–H groups in total. The topological polar surface area (TPSA) is 26.3 Å². The summed E-state index contributed by atoms with van der Waals surface area (Å²) in [5.74, 6) is 0. The molecule has 0 fully saturated rings. The Kier molecular flexibility index (Phi) is 1.16. The maximum absolute atomic E-state index is 9.99. The number of carbonyl (C=O) groups excluding carboxylic acids is 1. The summed E-state index contributed by atoms with van der Waals surface area (Å²) in [5.41, 5.74) is 0.722. The molecule has 8 heavy (non-hydrogen) atoms. The maximum Gasteiger partial charge on any atom is 0.177 e. The average molecular weight is 110 g/mol. The van der Waals surface area contributed by atoms with Crippen LogP contribution in [0.2, 0.25) is 0 Å². The van der Waals surface area contributed by atoms with E-state index >= 15 is 0 Å². The summed E-state index contributed by atoms with van der Waals surface area (Å²) in [5, 5.41) is 0. The highest BCUT2D eigenvalue weighted by molar-refractivity contribution is 5.64. The van der Waals surface area contributed by atoms with Crippen LogP contribution in [0.3, 0.4) is 0 Å². The predicted octanol–water partition coefficient (Wildman–Crippen LogP) is 0.654. The van der Waals surface area contributed by atoms with Gasteiger partial charge in [-0.2, -0.15) is 0 Å². The van der Waals surface area contributed by atoms with Gasteiger partial charge in [0.15, 0.2) is 12.4 Å². The van der Waals surface area contributed by atoms with E-state index < -0.39 is 6.10 Å². The Morgan fingerprint density at radius 1 is 1.88 bits per heavy atom. The van der Waals surface area contributed by atoms with Gasteiger partial charge in [0.1, 0.15) is 0 Å². The third-order valence-electron chi connectivity index (χ3n) is 0.996. The van der Waals surface area contributed by atoms with Crippen LogP contribution in [0.1, 0.15) is 0 Å². The number of hydrogen-bond acceptors (Lipinski definition) is 2. The normalized spacial score (nSPS) is 25.5. The van der Waals surface area contributed by atoms with Gasteiger partial charge in [-0.1, -0.05) is 6.58 Å². The summed E-state index contributed by atoms with van der Waals surface area (Å²) >= 11 is 0. The minimum Gasteiger partial charge on any atom is -0.486 e. The Morgan fingerprint density at radius 2 is 2.62 bits per heavy atom. The van der Waals surface area contributed by atoms with Crippen molar-refractivity contribution in [3.05, 3.63) is 24.5 Å². The monoisotopic (exact) mass is 110 g/mol. The summed E-state index contributed by atoms with van der Waals surface area (Å²) in [6.45, 7) is 3.56. The van der Waals surface area contributed by atoms with Crippen LogP contribution in [0, 0.1) is 0 Å². The lowest BCUT2D eigenvalue weighted by atomic mass is 10.2. The van der Waals surface area contributed by atoms with Crippen LogP contribution in [0.25, 0.3) is 0 Å². The highest BCUT2D eigenvalue weighted by Crippen LogP contribution is 2.10. The van der Waals surface area contributed by atoms with E-state index in [2.05, 4.69) is 6.58 Å². The lowest BCUT2D eigenvalue weighted by Gasteiger charge is -1.99. The third kappa shape index (κ3) is 0.644. The SMILES string of the molecule is C=C1C=COC1C=O. The fourth-order valence-electron chi connectivity index (χ4n) is 0.513. The Bertz CT molecular complexity index is 147. The van der Waals surface area contributed by atoms with E-state index in [4.69, 9.17) is 4.74 Å². The first-order chi connectivity index (χ1) is 3.84. The second-order valence-corrected chi connectivity index (χ2v) is 1.57. The first-order valence-electron chi connectivity index (χ1n) is 2.30. The summed E-state index contributed by atoms with van der Waals surface area (Å²) in [6.07, 6.45) is 3.46. The molecule has 0 bridgehead atoms. The zero-order valence-electron chi connectivity index (χ0n) is 4.33. The van der Waals surface area contributed by atoms with Crippen molar-refractivity contribution in [1.82, 2.24) is 0 Å². The number of aldehydes is 1. The van der Waals surface area contributed by atoms with E-state index in [1.54, 1.807) is 6.08 Å². The van der Waals surface area contributed by atoms with Crippen LogP contribution >= 0.6 is 0 Å². The van der Waals surface area contributed by atoms with Crippen LogP contribution in [0.5, 0.6) is 0 Å². The molecule has 42 valence electrons. The van der Waals surface area contributed by atoms with Crippen LogP contribution in [-0.4, -0.2) is 12.4 Å². The number of carbonyl (C=O) groups is 1. The molecule has 0 aromatic rings. The van der Waals surface area contributed by atoms with Gasteiger partial charge in [-0.3, -0.25) is 4.79 Å². The Hall–Kier alpha value is -1.05. The molecule has 0 saturated heterocycles. The molecule has 0 saturated carbocycles. The van der Waals surface area contributed by atoms with Crippen LogP contribution in [0.4, 0.5) is 0 Å². The molecule has 1 unspecified atom stereocenters. The van der Waals surface area contributed by atoms with Gasteiger partial charge in [-0.25, -0.2) is 0 Å². The second-order valence-electron chi connectivity index (χ2n) is 1.57. The second kappa shape index (κ2) is 1.82. The van der Waals surface area contributed by atoms with Gasteiger partial charge < -0.3 is 4.74 Å². The lowest BCUT2D eigenvalue weighted by molar-refractivity contribution is -0.113. The van der Waals surface area contributed by atoms with Gasteiger partial charge in [0.05, 0.1) is 6.26 Å². The van der Waals surface area contributed by atoms with Gasteiger partial charge in [-0.15, -0.1) is 0 Å². The molecule has 1 aliphatic rings. The van der Waals surface area contributed by atoms with E-state index in [0.717, 1.165) is 11.9 Å². The van der Waals surface area contributed by atoms with E-state index in [1.807, 2.05) is 0 Å². The van der Waals surface area contributed by atoms with Gasteiger partial charge in [0.2, 0.25) is 0 Å². The van der Waals surface area contributed by atoms with Crippen molar-refractivity contribution in [2.75, 3.05) is 0 Å². The van der Waals surface area contributed by atoms with E-state index in [9.17, 15) is 4.79 Å². The van der Waals surface area contributed by atoms with Crippen molar-refractivity contribution in [2.45, 2.75) is 6.10 Å². The highest BCUT2D eigenvalue weighted by Gasteiger charge is 2.12. The smallest absolute Gasteiger partial charge is 0.177 e. The summed E-state index contributed by atoms with van der Waals surface area (Å²) in [6, 6.07) is 0. The lowest BCUT2D eigenvalue weighted by Crippen LogP contribution is -2.07. The van der Waals surface area contributed by atoms with Crippen molar-refractivity contribution in [1.29, 1.82) is 0 Å². The average Bonchev–Trinajstić information content (AvgIpc) is 2.14. The maximum atomic E-state index is 9.99. The van der Waals surface area contributed by atoms with Crippen molar-refractivity contribution < 1.29 is 9.53 Å². The van der Waals surface area contributed by atoms with Gasteiger partial charge >= 0.3 is 0 Å². The van der Waals surface area contributed by atoms with Crippen molar-refractivity contribution in [3.63, 3.8) is 0 Å². The van der Waals surface area contributed by atoms with Gasteiger partial charge in [0, 0.05) is 0 Å². The zero-order chi connectivity index (χ0) is 5.98. The molecule has 2 nitrogen and oxygen atoms in total. The van der Waals surface area contributed by atoms with Crippen LogP contribution < -0.4 is 0 Å². The molecule has 0 amide bonds. The van der Waals surface area contributed by atoms with E-state index in [0.29, 0.717) is 0 Å². The molecule has 0 aromatic carbocycles. The molecule has 1 rings (SSSR count). The molecule has 1 aliphatic heterocycles. The minimum absolute atomic E-state index is 0.421. The minimum atomic E-state index is -0.421. The Morgan fingerprint density at radius 3 is 2.88 bits per heavy atom. The molecule has 1 heterocycles. The molecule has 1 atom stereocenters. The summed E-state index contributed by atoms with van der Waals surface area (Å²) in [4.78, 5) is 9.99. The quantitative estimate of drug-likeness (QED) is 0.463. The first-order valence-corrected chi connectivity index (χ1v) is 2.30. The summed E-state index contributed by atoms with van der Waals surface area (Å²) in [7, 11) is 0. The molecular weight excluding hydrogens is 104 g/mol. The predicted molar refractivity (Wildman–Crippen MR) is 29.2 cm³/mol. The summed E-state index contributed by atoms with van der Waals surface area (Å²) < 4.78 is 4.77. The fraction of sp³-hybridized carbons (Fsp3) is 0.167. The van der Waals surface area contributed by atoms with Crippen LogP contribution in [0.15, 0.2) is 24.5 Å². The van der Waals surface area contributed by atoms with Crippen molar-refractivity contribution in [3.8, 4) is 0 Å². The highest BCUT2D eigenvalue weighted by atomic mass is 16.5. The number of ether oxygens (including phenoxy) is 1. The fourth-order valence-corrected chi connectivity index (χ4v) is 0.513. The van der Waals surface area contributed by atoms with E-state index in [-0.39, 0.29) is 0 Å². The molecule has 0 radical (unpaired) electrons. The standard InChI is InChI=1S/C6H6O2/c1-5-2-3-8-6(5)4-7/h2-4,6H,1H2. The zero-order valence-corrected chi connectivity index (χ0v) is 4.33. The third-order valence-corrected chi connectivity index (χ3v) is 0.996. The number of hydrogen-bond donors (Lipinski definition) is 0. The van der Waals surface area contributed by atoms with E-state index in [1.165, 1.54) is 6.26 Å². The van der Waals surface area contributed by atoms with Gasteiger partial charge in [-0.05, 0) is 11.6 Å². The number of rotatable bonds is 1. The Labute approximate surface area is 47.5 Å².